The van der Waals surface area contributed by atoms with Gasteiger partial charge in [-0.25, -0.2) is 4.79 Å². The number of anilines is 1. The normalized spacial score (nSPS) is 20.5. The van der Waals surface area contributed by atoms with Crippen LogP contribution in [0.1, 0.15) is 38.8 Å². The van der Waals surface area contributed by atoms with Gasteiger partial charge in [0.05, 0.1) is 11.6 Å². The van der Waals surface area contributed by atoms with Crippen LogP contribution in [0.3, 0.4) is 0 Å². The van der Waals surface area contributed by atoms with Crippen LogP contribution in [-0.4, -0.2) is 32.9 Å². The lowest BCUT2D eigenvalue weighted by Crippen LogP contribution is -2.48. The first kappa shape index (κ1) is 16.3. The summed E-state index contributed by atoms with van der Waals surface area (Å²) in [7, 11) is 1.79. The van der Waals surface area contributed by atoms with Gasteiger partial charge in [0.25, 0.3) is 0 Å². The van der Waals surface area contributed by atoms with Gasteiger partial charge in [0.2, 0.25) is 0 Å². The monoisotopic (exact) mass is 308 g/mol. The van der Waals surface area contributed by atoms with Crippen molar-refractivity contribution in [1.82, 2.24) is 15.1 Å². The zero-order valence-electron chi connectivity index (χ0n) is 13.3. The van der Waals surface area contributed by atoms with Crippen molar-refractivity contribution in [1.29, 1.82) is 0 Å². The Morgan fingerprint density at radius 1 is 1.45 bits per heavy atom. The fourth-order valence-electron chi connectivity index (χ4n) is 2.48. The van der Waals surface area contributed by atoms with Crippen LogP contribution in [-0.2, 0) is 18.3 Å². The molecule has 1 fully saturated rings. The third kappa shape index (κ3) is 4.22. The van der Waals surface area contributed by atoms with Crippen LogP contribution in [0.15, 0.2) is 6.07 Å². The molecule has 122 valence electrons. The summed E-state index contributed by atoms with van der Waals surface area (Å²) < 4.78 is 1.65. The number of hydrogen-bond acceptors (Lipinski definition) is 3. The van der Waals surface area contributed by atoms with Crippen molar-refractivity contribution in [3.8, 4) is 0 Å². The molecule has 3 N–H and O–H groups in total. The molecular formula is C15H24N4O3. The third-order valence-electron chi connectivity index (χ3n) is 3.97. The van der Waals surface area contributed by atoms with E-state index in [1.807, 2.05) is 6.07 Å². The minimum Gasteiger partial charge on any atom is -0.481 e. The third-order valence-corrected chi connectivity index (χ3v) is 3.97. The first-order chi connectivity index (χ1) is 10.3. The molecule has 1 heterocycles. The number of carbonyl (C=O) groups excluding carboxylic acids is 1. The highest BCUT2D eigenvalue weighted by molar-refractivity contribution is 5.88. The van der Waals surface area contributed by atoms with E-state index in [1.54, 1.807) is 11.7 Å². The van der Waals surface area contributed by atoms with Gasteiger partial charge in [-0.2, -0.15) is 5.10 Å². The molecule has 0 atom stereocenters. The standard InChI is InChI=1S/C15H24N4O3/c1-9(2)4-5-11-8-13(19(3)18-11)17-15(22)16-12-6-10(7-12)14(20)21/h8-10,12H,4-7H2,1-3H3,(H,20,21)(H2,16,17,22). The van der Waals surface area contributed by atoms with Crippen molar-refractivity contribution >= 4 is 17.8 Å². The molecular weight excluding hydrogens is 284 g/mol. The van der Waals surface area contributed by atoms with Crippen molar-refractivity contribution in [2.75, 3.05) is 5.32 Å². The molecule has 2 rings (SSSR count). The molecule has 1 aliphatic rings. The molecule has 1 aliphatic carbocycles. The number of carboxylic acids is 1. The maximum atomic E-state index is 11.9. The van der Waals surface area contributed by atoms with Crippen molar-refractivity contribution in [3.63, 3.8) is 0 Å². The minimum atomic E-state index is -0.792. The number of rotatable bonds is 6. The molecule has 1 aromatic rings. The number of aliphatic carboxylic acids is 1. The Hall–Kier alpha value is -2.05. The number of aromatic nitrogens is 2. The average Bonchev–Trinajstić information content (AvgIpc) is 2.71. The number of nitrogens with zero attached hydrogens (tertiary/aromatic N) is 2. The fourth-order valence-corrected chi connectivity index (χ4v) is 2.48. The smallest absolute Gasteiger partial charge is 0.320 e. The van der Waals surface area contributed by atoms with Gasteiger partial charge in [-0.05, 0) is 31.6 Å². The number of urea groups is 1. The Morgan fingerprint density at radius 3 is 2.73 bits per heavy atom. The summed E-state index contributed by atoms with van der Waals surface area (Å²) >= 11 is 0. The van der Waals surface area contributed by atoms with E-state index < -0.39 is 5.97 Å². The quantitative estimate of drug-likeness (QED) is 0.749. The van der Waals surface area contributed by atoms with Crippen molar-refractivity contribution in [2.45, 2.75) is 45.6 Å². The Kier molecular flexibility index (Phi) is 5.05. The maximum Gasteiger partial charge on any atom is 0.320 e. The number of amides is 2. The Morgan fingerprint density at radius 2 is 2.14 bits per heavy atom. The predicted octanol–water partition coefficient (Wildman–Crippen LogP) is 1.99. The molecule has 0 saturated heterocycles. The van der Waals surface area contributed by atoms with Gasteiger partial charge < -0.3 is 10.4 Å². The number of hydrogen-bond donors (Lipinski definition) is 3. The van der Waals surface area contributed by atoms with Gasteiger partial charge in [-0.1, -0.05) is 13.8 Å². The van der Waals surface area contributed by atoms with Crippen LogP contribution in [0.2, 0.25) is 0 Å². The second-order valence-electron chi connectivity index (χ2n) is 6.38. The van der Waals surface area contributed by atoms with E-state index in [4.69, 9.17) is 5.11 Å². The summed E-state index contributed by atoms with van der Waals surface area (Å²) in [6.07, 6.45) is 2.93. The van der Waals surface area contributed by atoms with Crippen LogP contribution in [0, 0.1) is 11.8 Å². The van der Waals surface area contributed by atoms with E-state index >= 15 is 0 Å². The topological polar surface area (TPSA) is 96.3 Å². The van der Waals surface area contributed by atoms with E-state index in [9.17, 15) is 9.59 Å². The zero-order chi connectivity index (χ0) is 16.3. The van der Waals surface area contributed by atoms with Gasteiger partial charge in [0.15, 0.2) is 0 Å². The summed E-state index contributed by atoms with van der Waals surface area (Å²) in [5.74, 6) is 0.136. The lowest BCUT2D eigenvalue weighted by Gasteiger charge is -2.32. The molecule has 0 bridgehead atoms. The van der Waals surface area contributed by atoms with Gasteiger partial charge in [0, 0.05) is 19.2 Å². The SMILES string of the molecule is CC(C)CCc1cc(NC(=O)NC2CC(C(=O)O)C2)n(C)n1. The number of aryl methyl sites for hydroxylation is 2. The van der Waals surface area contributed by atoms with Crippen LogP contribution in [0.25, 0.3) is 0 Å². The minimum absolute atomic E-state index is 0.0604. The Bertz CT molecular complexity index is 547. The molecule has 1 aromatic heterocycles. The van der Waals surface area contributed by atoms with E-state index in [1.165, 1.54) is 0 Å². The number of nitrogens with one attached hydrogen (secondary N) is 2. The van der Waals surface area contributed by atoms with E-state index in [0.717, 1.165) is 18.5 Å². The number of carbonyl (C=O) groups is 2. The molecule has 2 amide bonds. The highest BCUT2D eigenvalue weighted by Gasteiger charge is 2.35. The second kappa shape index (κ2) is 6.81. The lowest BCUT2D eigenvalue weighted by atomic mass is 9.80. The van der Waals surface area contributed by atoms with Crippen molar-refractivity contribution < 1.29 is 14.7 Å². The average molecular weight is 308 g/mol. The Balaban J connectivity index is 1.80. The van der Waals surface area contributed by atoms with E-state index in [2.05, 4.69) is 29.6 Å². The predicted molar refractivity (Wildman–Crippen MR) is 82.7 cm³/mol. The summed E-state index contributed by atoms with van der Waals surface area (Å²) in [6.45, 7) is 4.33. The van der Waals surface area contributed by atoms with Gasteiger partial charge >= 0.3 is 12.0 Å². The first-order valence-corrected chi connectivity index (χ1v) is 7.68. The fraction of sp³-hybridized carbons (Fsp3) is 0.667. The molecule has 0 spiro atoms. The Labute approximate surface area is 130 Å². The van der Waals surface area contributed by atoms with Crippen LogP contribution >= 0.6 is 0 Å². The highest BCUT2D eigenvalue weighted by atomic mass is 16.4. The zero-order valence-corrected chi connectivity index (χ0v) is 13.3. The molecule has 0 unspecified atom stereocenters. The highest BCUT2D eigenvalue weighted by Crippen LogP contribution is 2.27. The molecule has 7 heteroatoms. The summed E-state index contributed by atoms with van der Waals surface area (Å²) in [5, 5.41) is 18.7. The first-order valence-electron chi connectivity index (χ1n) is 7.68. The van der Waals surface area contributed by atoms with Crippen LogP contribution in [0.4, 0.5) is 10.6 Å². The molecule has 1 saturated carbocycles. The van der Waals surface area contributed by atoms with E-state index in [0.29, 0.717) is 24.6 Å². The van der Waals surface area contributed by atoms with Crippen LogP contribution in [0.5, 0.6) is 0 Å². The summed E-state index contributed by atoms with van der Waals surface area (Å²) in [5.41, 5.74) is 0.959. The molecule has 0 aromatic carbocycles. The molecule has 22 heavy (non-hydrogen) atoms. The molecule has 0 radical (unpaired) electrons. The maximum absolute atomic E-state index is 11.9. The molecule has 0 aliphatic heterocycles. The summed E-state index contributed by atoms with van der Waals surface area (Å²) in [4.78, 5) is 22.6. The lowest BCUT2D eigenvalue weighted by molar-refractivity contribution is -0.145. The van der Waals surface area contributed by atoms with Gasteiger partial charge in [0.1, 0.15) is 5.82 Å². The second-order valence-corrected chi connectivity index (χ2v) is 6.38. The summed E-state index contributed by atoms with van der Waals surface area (Å²) in [6, 6.07) is 1.50. The van der Waals surface area contributed by atoms with Crippen LogP contribution < -0.4 is 10.6 Å². The molecule has 7 nitrogen and oxygen atoms in total. The van der Waals surface area contributed by atoms with Crippen molar-refractivity contribution in [3.05, 3.63) is 11.8 Å². The largest absolute Gasteiger partial charge is 0.481 e. The van der Waals surface area contributed by atoms with E-state index in [-0.39, 0.29) is 18.0 Å². The number of carboxylic acid groups (broad SMARTS) is 1. The van der Waals surface area contributed by atoms with Gasteiger partial charge in [-0.15, -0.1) is 0 Å². The van der Waals surface area contributed by atoms with Gasteiger partial charge in [-0.3, -0.25) is 14.8 Å². The van der Waals surface area contributed by atoms with Crippen molar-refractivity contribution in [2.24, 2.45) is 18.9 Å².